The molecule has 0 spiro atoms. The number of halogens is 1. The summed E-state index contributed by atoms with van der Waals surface area (Å²) in [4.78, 5) is 14.8. The Kier molecular flexibility index (Phi) is 3.87. The van der Waals surface area contributed by atoms with Crippen molar-refractivity contribution in [2.45, 2.75) is 25.1 Å². The van der Waals surface area contributed by atoms with Gasteiger partial charge in [-0.25, -0.2) is 0 Å². The van der Waals surface area contributed by atoms with Crippen LogP contribution in [0.5, 0.6) is 0 Å². The third-order valence-electron chi connectivity index (χ3n) is 3.35. The summed E-state index contributed by atoms with van der Waals surface area (Å²) in [6.07, 6.45) is 1.04. The fourth-order valence-corrected chi connectivity index (χ4v) is 2.63. The first-order valence-corrected chi connectivity index (χ1v) is 6.99. The van der Waals surface area contributed by atoms with Gasteiger partial charge >= 0.3 is 0 Å². The van der Waals surface area contributed by atoms with Gasteiger partial charge in [-0.2, -0.15) is 0 Å². The summed E-state index contributed by atoms with van der Waals surface area (Å²) >= 11 is 3.66. The molecule has 1 heterocycles. The average Bonchev–Trinajstić information content (AvgIpc) is 2.32. The lowest BCUT2D eigenvalue weighted by molar-refractivity contribution is 0.0690. The number of hydrogen-bond donors (Lipinski definition) is 0. The van der Waals surface area contributed by atoms with Gasteiger partial charge in [0.15, 0.2) is 0 Å². The van der Waals surface area contributed by atoms with Gasteiger partial charge in [0.05, 0.1) is 0 Å². The van der Waals surface area contributed by atoms with Crippen LogP contribution in [-0.2, 0) is 0 Å². The maximum atomic E-state index is 12.3. The Morgan fingerprint density at radius 1 is 1.47 bits per heavy atom. The van der Waals surface area contributed by atoms with Crippen molar-refractivity contribution in [3.05, 3.63) is 35.4 Å². The van der Waals surface area contributed by atoms with E-state index in [1.54, 1.807) is 0 Å². The highest BCUT2D eigenvalue weighted by molar-refractivity contribution is 9.09. The van der Waals surface area contributed by atoms with Crippen LogP contribution in [-0.4, -0.2) is 28.7 Å². The van der Waals surface area contributed by atoms with E-state index >= 15 is 0 Å². The molecule has 0 N–H and O–H groups in total. The van der Waals surface area contributed by atoms with Crippen molar-refractivity contribution in [1.29, 1.82) is 0 Å². The zero-order chi connectivity index (χ0) is 12.4. The molecule has 1 aliphatic rings. The smallest absolute Gasteiger partial charge is 0.253 e. The predicted molar refractivity (Wildman–Crippen MR) is 73.6 cm³/mol. The number of hydrogen-bond acceptors (Lipinski definition) is 1. The lowest BCUT2D eigenvalue weighted by Crippen LogP contribution is -2.43. The number of alkyl halides is 1. The highest BCUT2D eigenvalue weighted by atomic mass is 79.9. The maximum absolute atomic E-state index is 12.3. The predicted octanol–water partition coefficient (Wildman–Crippen LogP) is 3.24. The summed E-state index contributed by atoms with van der Waals surface area (Å²) in [6, 6.07) is 7.83. The number of aryl methyl sites for hydroxylation is 1. The molecule has 3 heteroatoms. The minimum Gasteiger partial charge on any atom is -0.338 e. The third kappa shape index (κ3) is 2.89. The van der Waals surface area contributed by atoms with E-state index in [1.165, 1.54) is 0 Å². The molecule has 1 amide bonds. The van der Waals surface area contributed by atoms with E-state index in [0.29, 0.717) is 10.7 Å². The Morgan fingerprint density at radius 3 is 2.88 bits per heavy atom. The Balaban J connectivity index is 2.10. The van der Waals surface area contributed by atoms with E-state index in [9.17, 15) is 4.79 Å². The van der Waals surface area contributed by atoms with Crippen LogP contribution in [0.25, 0.3) is 0 Å². The Bertz CT molecular complexity index is 418. The quantitative estimate of drug-likeness (QED) is 0.729. The Hall–Kier alpha value is -0.830. The summed E-state index contributed by atoms with van der Waals surface area (Å²) in [7, 11) is 0. The second-order valence-corrected chi connectivity index (χ2v) is 6.08. The maximum Gasteiger partial charge on any atom is 0.253 e. The molecule has 0 saturated carbocycles. The monoisotopic (exact) mass is 295 g/mol. The van der Waals surface area contributed by atoms with E-state index < -0.39 is 0 Å². The molecule has 0 aromatic heterocycles. The van der Waals surface area contributed by atoms with Crippen molar-refractivity contribution in [3.8, 4) is 0 Å². The molecule has 1 saturated heterocycles. The second-order valence-electron chi connectivity index (χ2n) is 4.90. The molecule has 92 valence electrons. The van der Waals surface area contributed by atoms with E-state index in [1.807, 2.05) is 36.1 Å². The number of piperidine rings is 1. The van der Waals surface area contributed by atoms with Gasteiger partial charge in [-0.15, -0.1) is 0 Å². The number of benzene rings is 1. The van der Waals surface area contributed by atoms with Crippen molar-refractivity contribution in [2.75, 3.05) is 13.1 Å². The minimum absolute atomic E-state index is 0.167. The first-order valence-electron chi connectivity index (χ1n) is 6.08. The van der Waals surface area contributed by atoms with Crippen molar-refractivity contribution in [3.63, 3.8) is 0 Å². The standard InChI is InChI=1S/C14H18BrNO/c1-10-4-3-5-12(8-10)14(17)16-7-6-13(15)11(2)9-16/h3-5,8,11,13H,6-7,9H2,1-2H3. The second kappa shape index (κ2) is 5.21. The van der Waals surface area contributed by atoms with Crippen LogP contribution in [0.4, 0.5) is 0 Å². The first-order chi connectivity index (χ1) is 8.08. The summed E-state index contributed by atoms with van der Waals surface area (Å²) < 4.78 is 0. The summed E-state index contributed by atoms with van der Waals surface area (Å²) in [5.74, 6) is 0.692. The summed E-state index contributed by atoms with van der Waals surface area (Å²) in [5.41, 5.74) is 1.95. The van der Waals surface area contributed by atoms with E-state index in [4.69, 9.17) is 0 Å². The largest absolute Gasteiger partial charge is 0.338 e. The average molecular weight is 296 g/mol. The molecular weight excluding hydrogens is 278 g/mol. The molecular formula is C14H18BrNO. The van der Waals surface area contributed by atoms with Gasteiger partial charge in [-0.3, -0.25) is 4.79 Å². The molecule has 1 fully saturated rings. The summed E-state index contributed by atoms with van der Waals surface area (Å²) in [5, 5.41) is 0. The zero-order valence-electron chi connectivity index (χ0n) is 10.3. The number of likely N-dealkylation sites (tertiary alicyclic amines) is 1. The van der Waals surface area contributed by atoms with Gasteiger partial charge in [-0.1, -0.05) is 40.5 Å². The van der Waals surface area contributed by atoms with E-state index in [-0.39, 0.29) is 5.91 Å². The van der Waals surface area contributed by atoms with Crippen molar-refractivity contribution in [2.24, 2.45) is 5.92 Å². The Morgan fingerprint density at radius 2 is 2.24 bits per heavy atom. The van der Waals surface area contributed by atoms with Crippen molar-refractivity contribution < 1.29 is 4.79 Å². The number of rotatable bonds is 1. The molecule has 1 aromatic carbocycles. The van der Waals surface area contributed by atoms with Gasteiger partial charge in [-0.05, 0) is 31.4 Å². The van der Waals surface area contributed by atoms with Gasteiger partial charge in [0, 0.05) is 23.5 Å². The van der Waals surface area contributed by atoms with Crippen LogP contribution in [0.3, 0.4) is 0 Å². The fourth-order valence-electron chi connectivity index (χ4n) is 2.26. The minimum atomic E-state index is 0.167. The third-order valence-corrected chi connectivity index (χ3v) is 4.71. The van der Waals surface area contributed by atoms with Crippen LogP contribution in [0.1, 0.15) is 29.3 Å². The van der Waals surface area contributed by atoms with Crippen LogP contribution in [0, 0.1) is 12.8 Å². The van der Waals surface area contributed by atoms with Gasteiger partial charge in [0.1, 0.15) is 0 Å². The SMILES string of the molecule is Cc1cccc(C(=O)N2CCC(Br)C(C)C2)c1. The normalized spacial score (nSPS) is 24.8. The lowest BCUT2D eigenvalue weighted by atomic mass is 9.99. The highest BCUT2D eigenvalue weighted by Gasteiger charge is 2.27. The fraction of sp³-hybridized carbons (Fsp3) is 0.500. The molecule has 0 aliphatic carbocycles. The molecule has 1 aromatic rings. The molecule has 0 radical (unpaired) electrons. The van der Waals surface area contributed by atoms with Gasteiger partial charge < -0.3 is 4.90 Å². The molecule has 2 nitrogen and oxygen atoms in total. The van der Waals surface area contributed by atoms with Crippen LogP contribution in [0.2, 0.25) is 0 Å². The molecule has 17 heavy (non-hydrogen) atoms. The molecule has 0 bridgehead atoms. The van der Waals surface area contributed by atoms with E-state index in [2.05, 4.69) is 22.9 Å². The number of amides is 1. The number of carbonyl (C=O) groups excluding carboxylic acids is 1. The van der Waals surface area contributed by atoms with E-state index in [0.717, 1.165) is 30.6 Å². The van der Waals surface area contributed by atoms with Crippen molar-refractivity contribution in [1.82, 2.24) is 4.90 Å². The highest BCUT2D eigenvalue weighted by Crippen LogP contribution is 2.24. The topological polar surface area (TPSA) is 20.3 Å². The van der Waals surface area contributed by atoms with Crippen LogP contribution in [0.15, 0.2) is 24.3 Å². The zero-order valence-corrected chi connectivity index (χ0v) is 11.9. The Labute approximate surface area is 111 Å². The van der Waals surface area contributed by atoms with Crippen LogP contribution < -0.4 is 0 Å². The lowest BCUT2D eigenvalue weighted by Gasteiger charge is -2.34. The first kappa shape index (κ1) is 12.6. The number of nitrogens with zero attached hydrogens (tertiary/aromatic N) is 1. The van der Waals surface area contributed by atoms with Crippen LogP contribution >= 0.6 is 15.9 Å². The number of carbonyl (C=O) groups is 1. The molecule has 1 aliphatic heterocycles. The van der Waals surface area contributed by atoms with Crippen molar-refractivity contribution >= 4 is 21.8 Å². The summed E-state index contributed by atoms with van der Waals surface area (Å²) in [6.45, 7) is 5.91. The molecule has 2 atom stereocenters. The van der Waals surface area contributed by atoms with Gasteiger partial charge in [0.2, 0.25) is 0 Å². The van der Waals surface area contributed by atoms with Gasteiger partial charge in [0.25, 0.3) is 5.91 Å². The molecule has 2 rings (SSSR count). The molecule has 2 unspecified atom stereocenters.